The molecule has 0 atom stereocenters. The molecule has 0 unspecified atom stereocenters. The van der Waals surface area contributed by atoms with Crippen LogP contribution in [0, 0.1) is 0 Å². The van der Waals surface area contributed by atoms with Gasteiger partial charge in [-0.25, -0.2) is 0 Å². The van der Waals surface area contributed by atoms with Crippen molar-refractivity contribution in [3.05, 3.63) is 23.8 Å². The highest BCUT2D eigenvalue weighted by molar-refractivity contribution is 5.96. The number of amides is 2. The average Bonchev–Trinajstić information content (AvgIpc) is 2.38. The van der Waals surface area contributed by atoms with E-state index in [1.54, 1.807) is 23.1 Å². The second kappa shape index (κ2) is 7.37. The number of carbonyl (C=O) groups excluding carboxylic acids is 2. The number of nitrogens with one attached hydrogen (secondary N) is 1. The maximum atomic E-state index is 11.9. The Morgan fingerprint density at radius 2 is 1.65 bits per heavy atom. The van der Waals surface area contributed by atoms with E-state index in [1.807, 2.05) is 13.8 Å². The predicted octanol–water partition coefficient (Wildman–Crippen LogP) is 0.839. The van der Waals surface area contributed by atoms with E-state index >= 15 is 0 Å². The van der Waals surface area contributed by atoms with Crippen molar-refractivity contribution in [1.82, 2.24) is 10.2 Å². The van der Waals surface area contributed by atoms with Crippen molar-refractivity contribution in [3.8, 4) is 0 Å². The Kier molecular flexibility index (Phi) is 5.83. The van der Waals surface area contributed by atoms with Crippen molar-refractivity contribution >= 4 is 23.2 Å². The predicted molar refractivity (Wildman–Crippen MR) is 80.1 cm³/mol. The molecule has 0 bridgehead atoms. The number of hydrogen-bond donors (Lipinski definition) is 3. The molecule has 1 aromatic rings. The third-order valence-corrected chi connectivity index (χ3v) is 2.98. The fraction of sp³-hybridized carbons (Fsp3) is 0.429. The van der Waals surface area contributed by atoms with Crippen LogP contribution in [0.15, 0.2) is 18.2 Å². The van der Waals surface area contributed by atoms with Gasteiger partial charge >= 0.3 is 0 Å². The molecule has 0 fully saturated rings. The molecule has 1 rings (SSSR count). The molecule has 5 N–H and O–H groups in total. The summed E-state index contributed by atoms with van der Waals surface area (Å²) in [4.78, 5) is 25.4. The largest absolute Gasteiger partial charge is 0.399 e. The van der Waals surface area contributed by atoms with Crippen molar-refractivity contribution in [1.29, 1.82) is 0 Å². The van der Waals surface area contributed by atoms with Crippen LogP contribution in [0.25, 0.3) is 0 Å². The summed E-state index contributed by atoms with van der Waals surface area (Å²) < 4.78 is 0. The lowest BCUT2D eigenvalue weighted by Crippen LogP contribution is -2.34. The smallest absolute Gasteiger partial charge is 0.251 e. The summed E-state index contributed by atoms with van der Waals surface area (Å²) >= 11 is 0. The Labute approximate surface area is 119 Å². The van der Waals surface area contributed by atoms with Gasteiger partial charge in [-0.05, 0) is 32.0 Å². The van der Waals surface area contributed by atoms with E-state index in [4.69, 9.17) is 11.5 Å². The molecule has 1 aromatic carbocycles. The molecule has 110 valence electrons. The number of nitrogen functional groups attached to an aromatic ring is 2. The van der Waals surface area contributed by atoms with Crippen molar-refractivity contribution in [2.45, 2.75) is 20.3 Å². The van der Waals surface area contributed by atoms with Crippen molar-refractivity contribution in [3.63, 3.8) is 0 Å². The van der Waals surface area contributed by atoms with Gasteiger partial charge in [0.25, 0.3) is 5.91 Å². The Morgan fingerprint density at radius 3 is 2.15 bits per heavy atom. The number of nitrogens with two attached hydrogens (primary N) is 2. The molecule has 0 heterocycles. The van der Waals surface area contributed by atoms with Crippen molar-refractivity contribution < 1.29 is 9.59 Å². The molecule has 20 heavy (non-hydrogen) atoms. The second-order valence-electron chi connectivity index (χ2n) is 4.46. The monoisotopic (exact) mass is 278 g/mol. The van der Waals surface area contributed by atoms with Gasteiger partial charge < -0.3 is 21.7 Å². The number of carbonyl (C=O) groups is 2. The molecule has 0 aliphatic rings. The summed E-state index contributed by atoms with van der Waals surface area (Å²) in [6, 6.07) is 4.69. The Bertz CT molecular complexity index is 464. The first-order valence-corrected chi connectivity index (χ1v) is 6.70. The van der Waals surface area contributed by atoms with Gasteiger partial charge in [-0.1, -0.05) is 0 Å². The summed E-state index contributed by atoms with van der Waals surface area (Å²) in [5, 5.41) is 2.69. The normalized spacial score (nSPS) is 10.1. The highest BCUT2D eigenvalue weighted by Crippen LogP contribution is 2.13. The van der Waals surface area contributed by atoms with Crippen molar-refractivity contribution in [2.75, 3.05) is 31.1 Å². The van der Waals surface area contributed by atoms with Crippen LogP contribution in [0.1, 0.15) is 30.6 Å². The minimum absolute atomic E-state index is 0.0300. The quantitative estimate of drug-likeness (QED) is 0.671. The van der Waals surface area contributed by atoms with Crippen LogP contribution in [-0.2, 0) is 4.79 Å². The minimum Gasteiger partial charge on any atom is -0.399 e. The van der Waals surface area contributed by atoms with E-state index in [0.29, 0.717) is 36.6 Å². The van der Waals surface area contributed by atoms with E-state index in [0.717, 1.165) is 0 Å². The molecule has 0 radical (unpaired) electrons. The summed E-state index contributed by atoms with van der Waals surface area (Å²) in [5.74, 6) is -0.251. The molecular weight excluding hydrogens is 256 g/mol. The molecule has 6 nitrogen and oxygen atoms in total. The van der Waals surface area contributed by atoms with Crippen LogP contribution >= 0.6 is 0 Å². The van der Waals surface area contributed by atoms with E-state index in [-0.39, 0.29) is 18.2 Å². The minimum atomic E-state index is -0.281. The first-order valence-electron chi connectivity index (χ1n) is 6.70. The Hall–Kier alpha value is -2.24. The topological polar surface area (TPSA) is 101 Å². The standard InChI is InChI=1S/C14H22N4O2/c1-3-18(4-2)13(19)5-6-17-14(20)10-7-11(15)9-12(16)8-10/h7-9H,3-6,15-16H2,1-2H3,(H,17,20). The van der Waals surface area contributed by atoms with E-state index < -0.39 is 0 Å². The zero-order valence-corrected chi connectivity index (χ0v) is 12.0. The van der Waals surface area contributed by atoms with Crippen LogP contribution in [-0.4, -0.2) is 36.3 Å². The number of rotatable bonds is 6. The summed E-state index contributed by atoms with van der Waals surface area (Å²) in [5.41, 5.74) is 12.5. The lowest BCUT2D eigenvalue weighted by molar-refractivity contribution is -0.130. The van der Waals surface area contributed by atoms with E-state index in [9.17, 15) is 9.59 Å². The van der Waals surface area contributed by atoms with Crippen LogP contribution in [0.2, 0.25) is 0 Å². The molecule has 0 spiro atoms. The lowest BCUT2D eigenvalue weighted by atomic mass is 10.1. The SMILES string of the molecule is CCN(CC)C(=O)CCNC(=O)c1cc(N)cc(N)c1. The molecule has 2 amide bonds. The molecular formula is C14H22N4O2. The molecule has 0 aliphatic heterocycles. The number of benzene rings is 1. The summed E-state index contributed by atoms with van der Waals surface area (Å²) in [6.07, 6.45) is 0.283. The van der Waals surface area contributed by atoms with Gasteiger partial charge in [0.05, 0.1) is 0 Å². The Balaban J connectivity index is 2.49. The fourth-order valence-electron chi connectivity index (χ4n) is 1.93. The Morgan fingerprint density at radius 1 is 1.10 bits per heavy atom. The number of hydrogen-bond acceptors (Lipinski definition) is 4. The lowest BCUT2D eigenvalue weighted by Gasteiger charge is -2.18. The first kappa shape index (κ1) is 15.8. The first-order chi connectivity index (χ1) is 9.47. The van der Waals surface area contributed by atoms with Gasteiger partial charge in [0, 0.05) is 43.0 Å². The third kappa shape index (κ3) is 4.46. The van der Waals surface area contributed by atoms with Crippen molar-refractivity contribution in [2.24, 2.45) is 0 Å². The highest BCUT2D eigenvalue weighted by atomic mass is 16.2. The van der Waals surface area contributed by atoms with Crippen LogP contribution in [0.3, 0.4) is 0 Å². The molecule has 0 aliphatic carbocycles. The fourth-order valence-corrected chi connectivity index (χ4v) is 1.93. The van der Waals surface area contributed by atoms with Gasteiger partial charge in [0.1, 0.15) is 0 Å². The van der Waals surface area contributed by atoms with Gasteiger partial charge in [0.15, 0.2) is 0 Å². The summed E-state index contributed by atoms with van der Waals surface area (Å²) in [7, 11) is 0. The van der Waals surface area contributed by atoms with Gasteiger partial charge in [-0.2, -0.15) is 0 Å². The number of anilines is 2. The van der Waals surface area contributed by atoms with Crippen LogP contribution in [0.4, 0.5) is 11.4 Å². The van der Waals surface area contributed by atoms with Gasteiger partial charge in [-0.3, -0.25) is 9.59 Å². The average molecular weight is 278 g/mol. The van der Waals surface area contributed by atoms with Gasteiger partial charge in [0.2, 0.25) is 5.91 Å². The molecule has 6 heteroatoms. The maximum absolute atomic E-state index is 11.9. The van der Waals surface area contributed by atoms with E-state index in [2.05, 4.69) is 5.32 Å². The maximum Gasteiger partial charge on any atom is 0.251 e. The number of nitrogens with zero attached hydrogens (tertiary/aromatic N) is 1. The van der Waals surface area contributed by atoms with E-state index in [1.165, 1.54) is 0 Å². The molecule has 0 saturated carbocycles. The zero-order chi connectivity index (χ0) is 15.1. The third-order valence-electron chi connectivity index (χ3n) is 2.98. The summed E-state index contributed by atoms with van der Waals surface area (Å²) in [6.45, 7) is 5.50. The van der Waals surface area contributed by atoms with Crippen LogP contribution in [0.5, 0.6) is 0 Å². The molecule has 0 aromatic heterocycles. The molecule has 0 saturated heterocycles. The van der Waals surface area contributed by atoms with Gasteiger partial charge in [-0.15, -0.1) is 0 Å². The highest BCUT2D eigenvalue weighted by Gasteiger charge is 2.11. The zero-order valence-electron chi connectivity index (χ0n) is 12.0. The van der Waals surface area contributed by atoms with Crippen LogP contribution < -0.4 is 16.8 Å². The second-order valence-corrected chi connectivity index (χ2v) is 4.46.